The molecule has 0 N–H and O–H groups in total. The molecule has 28 heavy (non-hydrogen) atoms. The predicted octanol–water partition coefficient (Wildman–Crippen LogP) is 8.31. The van der Waals surface area contributed by atoms with E-state index in [1.54, 1.807) is 6.07 Å². The first-order chi connectivity index (χ1) is 13.4. The van der Waals surface area contributed by atoms with Crippen LogP contribution < -0.4 is 0 Å². The average molecular weight is 458 g/mol. The Morgan fingerprint density at radius 3 is 1.39 bits per heavy atom. The van der Waals surface area contributed by atoms with Gasteiger partial charge in [-0.25, -0.2) is 0 Å². The second-order valence-electron chi connectivity index (χ2n) is 7.50. The van der Waals surface area contributed by atoms with Gasteiger partial charge in [0.05, 0.1) is 23.3 Å². The van der Waals surface area contributed by atoms with E-state index in [4.69, 9.17) is 43.8 Å². The van der Waals surface area contributed by atoms with Gasteiger partial charge in [-0.1, -0.05) is 70.6 Å². The van der Waals surface area contributed by atoms with Crippen LogP contribution >= 0.6 is 33.2 Å². The molecule has 0 aliphatic carbocycles. The molecule has 0 spiro atoms. The van der Waals surface area contributed by atoms with E-state index in [9.17, 15) is 0 Å². The molecular formula is C22H31Cl3N2Si. The predicted molar refractivity (Wildman–Crippen MR) is 123 cm³/mol. The molecule has 0 aliphatic rings. The number of nitriles is 2. The zero-order valence-corrected chi connectivity index (χ0v) is 19.9. The third-order valence-corrected chi connectivity index (χ3v) is 7.55. The van der Waals surface area contributed by atoms with Crippen molar-refractivity contribution in [3.05, 3.63) is 34.9 Å². The summed E-state index contributed by atoms with van der Waals surface area (Å²) < 4.78 is 0. The number of aryl methyl sites for hydroxylation is 1. The molecule has 0 radical (unpaired) electrons. The SMILES string of the molecule is N#Cc1cc(C#N)cc(CCCCCCCCCCCCCC[Si](Cl)(Cl)Cl)c1. The standard InChI is InChI=1S/C22H31Cl3N2Si/c23-28(24,25)14-12-10-8-6-4-2-1-3-5-7-9-11-13-20-15-21(18-26)17-22(16-20)19-27/h15-17H,1-14H2. The highest BCUT2D eigenvalue weighted by molar-refractivity contribution is 7.64. The van der Waals surface area contributed by atoms with Gasteiger partial charge in [0.2, 0.25) is 0 Å². The Labute approximate surface area is 185 Å². The van der Waals surface area contributed by atoms with Crippen LogP contribution in [0.15, 0.2) is 18.2 Å². The van der Waals surface area contributed by atoms with Gasteiger partial charge in [0.1, 0.15) is 0 Å². The largest absolute Gasteiger partial charge is 0.341 e. The van der Waals surface area contributed by atoms with Crippen LogP contribution in [-0.2, 0) is 6.42 Å². The van der Waals surface area contributed by atoms with Crippen molar-refractivity contribution in [3.63, 3.8) is 0 Å². The molecule has 154 valence electrons. The Morgan fingerprint density at radius 2 is 1.00 bits per heavy atom. The first-order valence-electron chi connectivity index (χ1n) is 10.5. The molecule has 0 fully saturated rings. The molecule has 6 heteroatoms. The lowest BCUT2D eigenvalue weighted by Crippen LogP contribution is -2.07. The van der Waals surface area contributed by atoms with Crippen LogP contribution in [0.1, 0.15) is 93.7 Å². The Kier molecular flexibility index (Phi) is 13.7. The van der Waals surface area contributed by atoms with Crippen LogP contribution in [0, 0.1) is 22.7 Å². The van der Waals surface area contributed by atoms with Gasteiger partial charge in [-0.3, -0.25) is 0 Å². The summed E-state index contributed by atoms with van der Waals surface area (Å²) in [6, 6.07) is 8.11. The molecule has 2 nitrogen and oxygen atoms in total. The first kappa shape index (κ1) is 25.3. The molecule has 0 atom stereocenters. The average Bonchev–Trinajstić information content (AvgIpc) is 2.67. The van der Waals surface area contributed by atoms with Gasteiger partial charge in [-0.05, 0) is 42.6 Å². The topological polar surface area (TPSA) is 47.6 Å². The Morgan fingerprint density at radius 1 is 0.607 bits per heavy atom. The van der Waals surface area contributed by atoms with Crippen molar-refractivity contribution in [1.82, 2.24) is 0 Å². The number of nitrogens with zero attached hydrogens (tertiary/aromatic N) is 2. The highest BCUT2D eigenvalue weighted by Crippen LogP contribution is 2.27. The summed E-state index contributed by atoms with van der Waals surface area (Å²) in [5, 5.41) is 18.0. The Bertz CT molecular complexity index is 612. The minimum Gasteiger partial charge on any atom is -0.192 e. The third kappa shape index (κ3) is 13.5. The van der Waals surface area contributed by atoms with Crippen molar-refractivity contribution in [2.75, 3.05) is 0 Å². The molecule has 0 bridgehead atoms. The molecule has 0 amide bonds. The van der Waals surface area contributed by atoms with Crippen molar-refractivity contribution in [2.45, 2.75) is 89.5 Å². The van der Waals surface area contributed by atoms with Crippen molar-refractivity contribution in [2.24, 2.45) is 0 Å². The molecule has 0 aromatic heterocycles. The monoisotopic (exact) mass is 456 g/mol. The number of rotatable bonds is 15. The van der Waals surface area contributed by atoms with Crippen molar-refractivity contribution in [3.8, 4) is 12.1 Å². The van der Waals surface area contributed by atoms with Crippen molar-refractivity contribution < 1.29 is 0 Å². The number of halogens is 3. The van der Waals surface area contributed by atoms with Crippen LogP contribution in [0.25, 0.3) is 0 Å². The summed E-state index contributed by atoms with van der Waals surface area (Å²) in [5.74, 6) is 0. The van der Waals surface area contributed by atoms with E-state index in [1.807, 2.05) is 12.1 Å². The molecule has 0 heterocycles. The lowest BCUT2D eigenvalue weighted by atomic mass is 10.0. The van der Waals surface area contributed by atoms with Gasteiger partial charge in [0.15, 0.2) is 0 Å². The first-order valence-corrected chi connectivity index (χ1v) is 15.7. The van der Waals surface area contributed by atoms with E-state index in [1.165, 1.54) is 64.2 Å². The third-order valence-electron chi connectivity index (χ3n) is 4.93. The van der Waals surface area contributed by atoms with Gasteiger partial charge in [-0.15, -0.1) is 33.2 Å². The fourth-order valence-corrected chi connectivity index (χ4v) is 5.24. The smallest absolute Gasteiger partial charge is 0.192 e. The van der Waals surface area contributed by atoms with Gasteiger partial charge < -0.3 is 0 Å². The van der Waals surface area contributed by atoms with Crippen molar-refractivity contribution in [1.29, 1.82) is 10.5 Å². The Hall–Kier alpha value is -0.713. The summed E-state index contributed by atoms with van der Waals surface area (Å²) >= 11 is 17.6. The maximum absolute atomic E-state index is 9.02. The summed E-state index contributed by atoms with van der Waals surface area (Å²) in [6.45, 7) is 0. The molecule has 0 saturated carbocycles. The maximum atomic E-state index is 9.02. The van der Waals surface area contributed by atoms with Gasteiger partial charge >= 0.3 is 6.00 Å². The fourth-order valence-electron chi connectivity index (χ4n) is 3.39. The molecule has 1 rings (SSSR count). The van der Waals surface area contributed by atoms with E-state index >= 15 is 0 Å². The molecule has 1 aromatic rings. The summed E-state index contributed by atoms with van der Waals surface area (Å²) in [5.41, 5.74) is 2.27. The van der Waals surface area contributed by atoms with Gasteiger partial charge in [0, 0.05) is 0 Å². The van der Waals surface area contributed by atoms with Crippen molar-refractivity contribution >= 4 is 39.2 Å². The zero-order valence-electron chi connectivity index (χ0n) is 16.7. The second kappa shape index (κ2) is 15.2. The van der Waals surface area contributed by atoms with E-state index in [-0.39, 0.29) is 0 Å². The lowest BCUT2D eigenvalue weighted by Gasteiger charge is -2.07. The van der Waals surface area contributed by atoms with Gasteiger partial charge in [0.25, 0.3) is 0 Å². The second-order valence-corrected chi connectivity index (χ2v) is 16.8. The van der Waals surface area contributed by atoms with E-state index in [0.717, 1.165) is 30.9 Å². The fraction of sp³-hybridized carbons (Fsp3) is 0.636. The number of hydrogen-bond acceptors (Lipinski definition) is 2. The minimum atomic E-state index is -2.39. The molecular weight excluding hydrogens is 427 g/mol. The highest BCUT2D eigenvalue weighted by Gasteiger charge is 2.23. The summed E-state index contributed by atoms with van der Waals surface area (Å²) in [7, 11) is 0. The van der Waals surface area contributed by atoms with E-state index < -0.39 is 6.00 Å². The number of unbranched alkanes of at least 4 members (excludes halogenated alkanes) is 11. The summed E-state index contributed by atoms with van der Waals surface area (Å²) in [4.78, 5) is 0. The van der Waals surface area contributed by atoms with E-state index in [2.05, 4.69) is 12.1 Å². The molecule has 0 saturated heterocycles. The van der Waals surface area contributed by atoms with E-state index in [0.29, 0.717) is 11.1 Å². The van der Waals surface area contributed by atoms with Crippen LogP contribution in [0.5, 0.6) is 0 Å². The maximum Gasteiger partial charge on any atom is 0.341 e. The van der Waals surface area contributed by atoms with Crippen LogP contribution in [0.3, 0.4) is 0 Å². The number of benzene rings is 1. The molecule has 1 aromatic carbocycles. The molecule has 0 aliphatic heterocycles. The highest BCUT2D eigenvalue weighted by atomic mass is 35.8. The normalized spacial score (nSPS) is 11.2. The lowest BCUT2D eigenvalue weighted by molar-refractivity contribution is 0.544. The molecule has 0 unspecified atom stereocenters. The Balaban J connectivity index is 1.94. The quantitative estimate of drug-likeness (QED) is 0.151. The van der Waals surface area contributed by atoms with Crippen LogP contribution in [-0.4, -0.2) is 6.00 Å². The van der Waals surface area contributed by atoms with Crippen LogP contribution in [0.2, 0.25) is 6.04 Å². The zero-order chi connectivity index (χ0) is 20.7. The minimum absolute atomic E-state index is 0.584. The van der Waals surface area contributed by atoms with Gasteiger partial charge in [-0.2, -0.15) is 10.5 Å². The van der Waals surface area contributed by atoms with Crippen LogP contribution in [0.4, 0.5) is 0 Å². The number of hydrogen-bond donors (Lipinski definition) is 0. The summed E-state index contributed by atoms with van der Waals surface area (Å²) in [6.07, 6.45) is 16.0.